The lowest BCUT2D eigenvalue weighted by atomic mass is 10.6. The monoisotopic (exact) mass is 207 g/mol. The molecule has 0 saturated heterocycles. The SMILES string of the molecule is CCOC(COC(N)=O)OCCOC. The van der Waals surface area contributed by atoms with Gasteiger partial charge in [-0.2, -0.15) is 0 Å². The minimum Gasteiger partial charge on any atom is -0.444 e. The molecule has 6 heteroatoms. The van der Waals surface area contributed by atoms with Crippen LogP contribution < -0.4 is 5.73 Å². The molecule has 0 aromatic heterocycles. The van der Waals surface area contributed by atoms with Crippen molar-refractivity contribution < 1.29 is 23.7 Å². The number of nitrogens with two attached hydrogens (primary N) is 1. The molecule has 14 heavy (non-hydrogen) atoms. The number of amides is 1. The van der Waals surface area contributed by atoms with Crippen LogP contribution in [0.15, 0.2) is 0 Å². The Morgan fingerprint density at radius 2 is 2.07 bits per heavy atom. The number of hydrogen-bond donors (Lipinski definition) is 1. The molecule has 0 spiro atoms. The van der Waals surface area contributed by atoms with Crippen LogP contribution in [0.3, 0.4) is 0 Å². The van der Waals surface area contributed by atoms with E-state index in [1.165, 1.54) is 0 Å². The van der Waals surface area contributed by atoms with E-state index in [1.54, 1.807) is 7.11 Å². The molecule has 0 heterocycles. The van der Waals surface area contributed by atoms with Crippen LogP contribution in [0.25, 0.3) is 0 Å². The van der Waals surface area contributed by atoms with Gasteiger partial charge in [-0.15, -0.1) is 0 Å². The smallest absolute Gasteiger partial charge is 0.404 e. The van der Waals surface area contributed by atoms with E-state index in [0.29, 0.717) is 19.8 Å². The molecule has 0 aromatic rings. The van der Waals surface area contributed by atoms with Crippen molar-refractivity contribution >= 4 is 6.09 Å². The second-order valence-electron chi connectivity index (χ2n) is 2.38. The molecule has 0 aliphatic rings. The van der Waals surface area contributed by atoms with Crippen LogP contribution >= 0.6 is 0 Å². The van der Waals surface area contributed by atoms with E-state index in [0.717, 1.165) is 0 Å². The molecule has 1 amide bonds. The third-order valence-corrected chi connectivity index (χ3v) is 1.31. The maximum atomic E-state index is 10.3. The summed E-state index contributed by atoms with van der Waals surface area (Å²) in [5, 5.41) is 0. The molecular weight excluding hydrogens is 190 g/mol. The minimum atomic E-state index is -0.843. The number of hydrogen-bond acceptors (Lipinski definition) is 5. The lowest BCUT2D eigenvalue weighted by molar-refractivity contribution is -0.165. The number of rotatable bonds is 8. The summed E-state index contributed by atoms with van der Waals surface area (Å²) in [4.78, 5) is 10.3. The summed E-state index contributed by atoms with van der Waals surface area (Å²) in [6.07, 6.45) is -1.42. The molecule has 0 saturated carbocycles. The fourth-order valence-electron chi connectivity index (χ4n) is 0.743. The van der Waals surface area contributed by atoms with Crippen LogP contribution in [0, 0.1) is 0 Å². The van der Waals surface area contributed by atoms with Crippen molar-refractivity contribution in [2.24, 2.45) is 5.73 Å². The molecule has 6 nitrogen and oxygen atoms in total. The first-order chi connectivity index (χ1) is 6.70. The Morgan fingerprint density at radius 3 is 2.57 bits per heavy atom. The van der Waals surface area contributed by atoms with Crippen molar-refractivity contribution in [2.45, 2.75) is 13.2 Å². The highest BCUT2D eigenvalue weighted by molar-refractivity contribution is 5.64. The number of carbonyl (C=O) groups excluding carboxylic acids is 1. The molecule has 0 radical (unpaired) electrons. The fraction of sp³-hybridized carbons (Fsp3) is 0.875. The van der Waals surface area contributed by atoms with Crippen LogP contribution in [0.2, 0.25) is 0 Å². The van der Waals surface area contributed by atoms with Gasteiger partial charge in [-0.3, -0.25) is 0 Å². The third-order valence-electron chi connectivity index (χ3n) is 1.31. The quantitative estimate of drug-likeness (QED) is 0.451. The zero-order valence-corrected chi connectivity index (χ0v) is 8.52. The first-order valence-corrected chi connectivity index (χ1v) is 4.35. The van der Waals surface area contributed by atoms with Crippen molar-refractivity contribution in [3.63, 3.8) is 0 Å². The molecule has 1 atom stereocenters. The van der Waals surface area contributed by atoms with Crippen molar-refractivity contribution in [2.75, 3.05) is 33.5 Å². The first kappa shape index (κ1) is 13.2. The molecule has 0 aromatic carbocycles. The molecule has 0 fully saturated rings. The van der Waals surface area contributed by atoms with E-state index in [9.17, 15) is 4.79 Å². The van der Waals surface area contributed by atoms with Gasteiger partial charge in [0.1, 0.15) is 6.61 Å². The van der Waals surface area contributed by atoms with Crippen molar-refractivity contribution in [1.29, 1.82) is 0 Å². The maximum Gasteiger partial charge on any atom is 0.404 e. The van der Waals surface area contributed by atoms with Gasteiger partial charge in [0.05, 0.1) is 13.2 Å². The van der Waals surface area contributed by atoms with Gasteiger partial charge >= 0.3 is 6.09 Å². The largest absolute Gasteiger partial charge is 0.444 e. The topological polar surface area (TPSA) is 80.0 Å². The normalized spacial score (nSPS) is 12.4. The zero-order valence-electron chi connectivity index (χ0n) is 8.52. The van der Waals surface area contributed by atoms with Gasteiger partial charge in [0.15, 0.2) is 6.29 Å². The lowest BCUT2D eigenvalue weighted by Crippen LogP contribution is -2.28. The van der Waals surface area contributed by atoms with Gasteiger partial charge in [0.25, 0.3) is 0 Å². The van der Waals surface area contributed by atoms with Gasteiger partial charge in [0, 0.05) is 13.7 Å². The van der Waals surface area contributed by atoms with E-state index in [2.05, 4.69) is 4.74 Å². The Balaban J connectivity index is 3.59. The highest BCUT2D eigenvalue weighted by Crippen LogP contribution is 1.96. The second kappa shape index (κ2) is 8.74. The summed E-state index contributed by atoms with van der Waals surface area (Å²) in [5.74, 6) is 0. The van der Waals surface area contributed by atoms with Crippen LogP contribution in [-0.2, 0) is 18.9 Å². The number of primary amides is 1. The lowest BCUT2D eigenvalue weighted by Gasteiger charge is -2.16. The number of carbonyl (C=O) groups is 1. The van der Waals surface area contributed by atoms with Crippen LogP contribution in [0.5, 0.6) is 0 Å². The highest BCUT2D eigenvalue weighted by Gasteiger charge is 2.10. The Bertz CT molecular complexity index is 153. The van der Waals surface area contributed by atoms with Crippen molar-refractivity contribution in [3.05, 3.63) is 0 Å². The zero-order chi connectivity index (χ0) is 10.8. The summed E-state index contributed by atoms with van der Waals surface area (Å²) < 4.78 is 19.6. The predicted molar refractivity (Wildman–Crippen MR) is 48.8 cm³/mol. The standard InChI is InChI=1S/C8H17NO5/c1-3-12-7(6-14-8(9)10)13-5-4-11-2/h7H,3-6H2,1-2H3,(H2,9,10). The average Bonchev–Trinajstić information content (AvgIpc) is 2.14. The van der Waals surface area contributed by atoms with E-state index in [-0.39, 0.29) is 6.61 Å². The molecular formula is C8H17NO5. The number of methoxy groups -OCH3 is 1. The van der Waals surface area contributed by atoms with E-state index in [4.69, 9.17) is 19.9 Å². The molecule has 0 rings (SSSR count). The summed E-state index contributed by atoms with van der Waals surface area (Å²) in [6, 6.07) is 0. The summed E-state index contributed by atoms with van der Waals surface area (Å²) in [7, 11) is 1.57. The summed E-state index contributed by atoms with van der Waals surface area (Å²) >= 11 is 0. The fourth-order valence-corrected chi connectivity index (χ4v) is 0.743. The Hall–Kier alpha value is -0.850. The Kier molecular flexibility index (Phi) is 8.20. The van der Waals surface area contributed by atoms with Crippen LogP contribution in [-0.4, -0.2) is 45.9 Å². The highest BCUT2D eigenvalue weighted by atomic mass is 16.7. The average molecular weight is 207 g/mol. The Morgan fingerprint density at radius 1 is 1.36 bits per heavy atom. The summed E-state index contributed by atoms with van der Waals surface area (Å²) in [5.41, 5.74) is 4.79. The van der Waals surface area contributed by atoms with E-state index >= 15 is 0 Å². The second-order valence-corrected chi connectivity index (χ2v) is 2.38. The van der Waals surface area contributed by atoms with E-state index in [1.807, 2.05) is 6.92 Å². The number of ether oxygens (including phenoxy) is 4. The van der Waals surface area contributed by atoms with Gasteiger partial charge in [-0.05, 0) is 6.92 Å². The van der Waals surface area contributed by atoms with Crippen molar-refractivity contribution in [1.82, 2.24) is 0 Å². The van der Waals surface area contributed by atoms with Gasteiger partial charge in [0.2, 0.25) is 0 Å². The van der Waals surface area contributed by atoms with Crippen LogP contribution in [0.4, 0.5) is 4.79 Å². The molecule has 1 unspecified atom stereocenters. The van der Waals surface area contributed by atoms with Gasteiger partial charge in [-0.1, -0.05) is 0 Å². The molecule has 2 N–H and O–H groups in total. The molecule has 0 aliphatic carbocycles. The third kappa shape index (κ3) is 7.78. The maximum absolute atomic E-state index is 10.3. The molecule has 84 valence electrons. The minimum absolute atomic E-state index is 0.00706. The molecule has 0 aliphatic heterocycles. The Labute approximate surface area is 83.2 Å². The van der Waals surface area contributed by atoms with Gasteiger partial charge < -0.3 is 24.7 Å². The predicted octanol–water partition coefficient (Wildman–Crippen LogP) is 0.107. The summed E-state index contributed by atoms with van der Waals surface area (Å²) in [6.45, 7) is 3.12. The van der Waals surface area contributed by atoms with Gasteiger partial charge in [-0.25, -0.2) is 4.79 Å². The van der Waals surface area contributed by atoms with Crippen molar-refractivity contribution in [3.8, 4) is 0 Å². The van der Waals surface area contributed by atoms with E-state index < -0.39 is 12.4 Å². The first-order valence-electron chi connectivity index (χ1n) is 4.35. The van der Waals surface area contributed by atoms with Crippen LogP contribution in [0.1, 0.15) is 6.92 Å². The molecule has 0 bridgehead atoms.